The molecule has 1 aromatic carbocycles. The van der Waals surface area contributed by atoms with E-state index < -0.39 is 11.7 Å². The lowest BCUT2D eigenvalue weighted by Gasteiger charge is -2.22. The topological polar surface area (TPSA) is 67.4 Å². The van der Waals surface area contributed by atoms with Crippen LogP contribution in [0.2, 0.25) is 0 Å². The van der Waals surface area contributed by atoms with Gasteiger partial charge in [0.25, 0.3) is 0 Å². The molecule has 0 fully saturated rings. The van der Waals surface area contributed by atoms with Crippen molar-refractivity contribution in [1.29, 1.82) is 0 Å². The lowest BCUT2D eigenvalue weighted by molar-refractivity contribution is -0.120. The molecule has 0 heterocycles. The Morgan fingerprint density at radius 1 is 0.923 bits per heavy atom. The Bertz CT molecular complexity index is 629. The molecule has 0 aliphatic heterocycles. The van der Waals surface area contributed by atoms with Crippen LogP contribution in [0.4, 0.5) is 4.79 Å². The number of alkyl carbamates (subject to hydrolysis) is 1. The molecule has 0 aliphatic carbocycles. The third-order valence-corrected chi connectivity index (χ3v) is 4.01. The highest BCUT2D eigenvalue weighted by molar-refractivity contribution is 5.79. The minimum Gasteiger partial charge on any atom is -0.444 e. The maximum atomic E-state index is 12.2. The Kier molecular flexibility index (Phi) is 7.25. The number of hydrogen-bond acceptors (Lipinski definition) is 3. The molecule has 0 saturated heterocycles. The van der Waals surface area contributed by atoms with E-state index in [-0.39, 0.29) is 11.3 Å². The van der Waals surface area contributed by atoms with Crippen LogP contribution >= 0.6 is 0 Å². The van der Waals surface area contributed by atoms with Gasteiger partial charge in [-0.25, -0.2) is 4.79 Å². The van der Waals surface area contributed by atoms with E-state index >= 15 is 0 Å². The highest BCUT2D eigenvalue weighted by atomic mass is 16.6. The summed E-state index contributed by atoms with van der Waals surface area (Å²) < 4.78 is 5.15. The Balaban J connectivity index is 2.53. The summed E-state index contributed by atoms with van der Waals surface area (Å²) in [5.41, 5.74) is 4.17. The minimum atomic E-state index is -0.526. The van der Waals surface area contributed by atoms with Crippen LogP contribution in [0.5, 0.6) is 0 Å². The first-order valence-electron chi connectivity index (χ1n) is 9.14. The summed E-state index contributed by atoms with van der Waals surface area (Å²) in [5.74, 6) is -0.0503. The summed E-state index contributed by atoms with van der Waals surface area (Å²) in [6, 6.07) is 4.33. The van der Waals surface area contributed by atoms with E-state index in [2.05, 4.69) is 57.4 Å². The average molecular weight is 363 g/mol. The second-order valence-corrected chi connectivity index (χ2v) is 8.79. The molecule has 0 spiro atoms. The lowest BCUT2D eigenvalue weighted by Crippen LogP contribution is -2.38. The normalized spacial score (nSPS) is 11.8. The number of benzene rings is 1. The summed E-state index contributed by atoms with van der Waals surface area (Å²) in [6.07, 6.45) is -0.134. The monoisotopic (exact) mass is 362 g/mol. The van der Waals surface area contributed by atoms with Crippen LogP contribution in [0.1, 0.15) is 63.8 Å². The largest absolute Gasteiger partial charge is 0.444 e. The molecule has 0 bridgehead atoms. The third-order valence-electron chi connectivity index (χ3n) is 4.01. The van der Waals surface area contributed by atoms with Crippen LogP contribution in [-0.2, 0) is 21.4 Å². The summed E-state index contributed by atoms with van der Waals surface area (Å²) >= 11 is 0. The fraction of sp³-hybridized carbons (Fsp3) is 0.619. The van der Waals surface area contributed by atoms with Gasteiger partial charge in [-0.15, -0.1) is 0 Å². The number of hydrogen-bond donors (Lipinski definition) is 2. The van der Waals surface area contributed by atoms with Gasteiger partial charge in [0.1, 0.15) is 5.60 Å². The van der Waals surface area contributed by atoms with Crippen molar-refractivity contribution in [2.75, 3.05) is 13.1 Å². The molecule has 2 amide bonds. The predicted octanol–water partition coefficient (Wildman–Crippen LogP) is 3.78. The molecule has 0 atom stereocenters. The molecule has 2 N–H and O–H groups in total. The van der Waals surface area contributed by atoms with E-state index in [9.17, 15) is 9.59 Å². The van der Waals surface area contributed by atoms with E-state index in [4.69, 9.17) is 4.74 Å². The first-order valence-corrected chi connectivity index (χ1v) is 9.14. The molecular formula is C21H34N2O3. The summed E-state index contributed by atoms with van der Waals surface area (Å²) in [5, 5.41) is 5.47. The minimum absolute atomic E-state index is 0.0503. The Hall–Kier alpha value is -2.04. The van der Waals surface area contributed by atoms with Crippen molar-refractivity contribution in [3.63, 3.8) is 0 Å². The van der Waals surface area contributed by atoms with Gasteiger partial charge in [0.2, 0.25) is 5.91 Å². The maximum Gasteiger partial charge on any atom is 0.407 e. The molecular weight excluding hydrogens is 328 g/mol. The van der Waals surface area contributed by atoms with Crippen molar-refractivity contribution >= 4 is 12.0 Å². The SMILES string of the molecule is Cc1cc(C(C)(C)C)cc(C)c1CC(=O)NCCNC(=O)OC(C)(C)C. The number of amides is 2. The standard InChI is InChI=1S/C21H34N2O3/c1-14-11-16(20(3,4)5)12-15(2)17(14)13-18(24)22-9-10-23-19(25)26-21(6,7)8/h11-12H,9-10,13H2,1-8H3,(H,22,24)(H,23,25). The Morgan fingerprint density at radius 3 is 1.88 bits per heavy atom. The van der Waals surface area contributed by atoms with Crippen molar-refractivity contribution in [2.24, 2.45) is 0 Å². The Labute approximate surface area is 157 Å². The van der Waals surface area contributed by atoms with Crippen molar-refractivity contribution in [2.45, 2.75) is 72.8 Å². The fourth-order valence-electron chi connectivity index (χ4n) is 2.61. The molecule has 5 nitrogen and oxygen atoms in total. The van der Waals surface area contributed by atoms with Gasteiger partial charge in [0, 0.05) is 13.1 Å². The van der Waals surface area contributed by atoms with Gasteiger partial charge in [-0.2, -0.15) is 0 Å². The molecule has 1 aromatic rings. The van der Waals surface area contributed by atoms with Crippen LogP contribution in [0, 0.1) is 13.8 Å². The summed E-state index contributed by atoms with van der Waals surface area (Å²) in [6.45, 7) is 16.8. The van der Waals surface area contributed by atoms with Crippen molar-refractivity contribution in [3.05, 3.63) is 34.4 Å². The summed E-state index contributed by atoms with van der Waals surface area (Å²) in [7, 11) is 0. The third kappa shape index (κ3) is 7.46. The van der Waals surface area contributed by atoms with Gasteiger partial charge in [-0.05, 0) is 62.3 Å². The molecule has 0 aromatic heterocycles. The van der Waals surface area contributed by atoms with Gasteiger partial charge in [0.15, 0.2) is 0 Å². The van der Waals surface area contributed by atoms with Crippen LogP contribution in [0.15, 0.2) is 12.1 Å². The highest BCUT2D eigenvalue weighted by Gasteiger charge is 2.18. The molecule has 146 valence electrons. The van der Waals surface area contributed by atoms with E-state index in [1.807, 2.05) is 20.8 Å². The average Bonchev–Trinajstić information content (AvgIpc) is 2.44. The predicted molar refractivity (Wildman–Crippen MR) is 106 cm³/mol. The van der Waals surface area contributed by atoms with Crippen molar-refractivity contribution < 1.29 is 14.3 Å². The lowest BCUT2D eigenvalue weighted by atomic mass is 9.83. The number of carbonyl (C=O) groups is 2. The Morgan fingerprint density at radius 2 is 1.42 bits per heavy atom. The number of nitrogens with one attached hydrogen (secondary N) is 2. The van der Waals surface area contributed by atoms with Gasteiger partial charge < -0.3 is 15.4 Å². The van der Waals surface area contributed by atoms with Crippen molar-refractivity contribution in [1.82, 2.24) is 10.6 Å². The number of aryl methyl sites for hydroxylation is 2. The van der Waals surface area contributed by atoms with Crippen LogP contribution < -0.4 is 10.6 Å². The second kappa shape index (κ2) is 8.56. The van der Waals surface area contributed by atoms with Crippen LogP contribution in [0.25, 0.3) is 0 Å². The highest BCUT2D eigenvalue weighted by Crippen LogP contribution is 2.27. The van der Waals surface area contributed by atoms with Crippen molar-refractivity contribution in [3.8, 4) is 0 Å². The second-order valence-electron chi connectivity index (χ2n) is 8.79. The zero-order valence-corrected chi connectivity index (χ0v) is 17.5. The molecule has 26 heavy (non-hydrogen) atoms. The first-order chi connectivity index (χ1) is 11.8. The quantitative estimate of drug-likeness (QED) is 0.783. The number of carbonyl (C=O) groups excluding carboxylic acids is 2. The van der Waals surface area contributed by atoms with Gasteiger partial charge in [-0.3, -0.25) is 4.79 Å². The van der Waals surface area contributed by atoms with Crippen LogP contribution in [-0.4, -0.2) is 30.7 Å². The molecule has 5 heteroatoms. The number of ether oxygens (including phenoxy) is 1. The van der Waals surface area contributed by atoms with Gasteiger partial charge in [0.05, 0.1) is 6.42 Å². The molecule has 0 saturated carbocycles. The maximum absolute atomic E-state index is 12.2. The van der Waals surface area contributed by atoms with Gasteiger partial charge >= 0.3 is 6.09 Å². The zero-order valence-electron chi connectivity index (χ0n) is 17.5. The molecule has 0 unspecified atom stereocenters. The summed E-state index contributed by atoms with van der Waals surface area (Å²) in [4.78, 5) is 23.8. The van der Waals surface area contributed by atoms with E-state index in [1.165, 1.54) is 5.56 Å². The number of rotatable bonds is 5. The van der Waals surface area contributed by atoms with E-state index in [0.717, 1.165) is 16.7 Å². The van der Waals surface area contributed by atoms with E-state index in [0.29, 0.717) is 19.5 Å². The zero-order chi connectivity index (χ0) is 20.1. The van der Waals surface area contributed by atoms with Gasteiger partial charge in [-0.1, -0.05) is 32.9 Å². The molecule has 0 radical (unpaired) electrons. The molecule has 1 rings (SSSR count). The fourth-order valence-corrected chi connectivity index (χ4v) is 2.61. The first kappa shape index (κ1) is 22.0. The van der Waals surface area contributed by atoms with E-state index in [1.54, 1.807) is 0 Å². The van der Waals surface area contributed by atoms with Crippen LogP contribution in [0.3, 0.4) is 0 Å². The molecule has 0 aliphatic rings. The smallest absolute Gasteiger partial charge is 0.407 e.